The van der Waals surface area contributed by atoms with Crippen molar-refractivity contribution < 1.29 is 28.7 Å². The molecular weight excluding hydrogens is 270 g/mol. The van der Waals surface area contributed by atoms with Crippen molar-refractivity contribution in [2.45, 2.75) is 24.8 Å². The Labute approximate surface area is 98.7 Å². The Bertz CT molecular complexity index is 402. The molecule has 100 valence electrons. The summed E-state index contributed by atoms with van der Waals surface area (Å²) in [5.41, 5.74) is 0. The van der Waals surface area contributed by atoms with E-state index in [0.717, 1.165) is 0 Å². The molecule has 17 heavy (non-hydrogen) atoms. The number of hydrogen-bond acceptors (Lipinski definition) is 4. The molecule has 0 aliphatic carbocycles. The van der Waals surface area contributed by atoms with Gasteiger partial charge in [-0.3, -0.25) is 9.13 Å². The number of amidine groups is 1. The summed E-state index contributed by atoms with van der Waals surface area (Å²) in [6, 6.07) is 0. The minimum absolute atomic E-state index is 0.203. The third-order valence-corrected chi connectivity index (χ3v) is 6.91. The van der Waals surface area contributed by atoms with Crippen molar-refractivity contribution in [3.8, 4) is 0 Å². The molecule has 10 heteroatoms. The molecule has 0 radical (unpaired) electrons. The smallest absolute Gasteiger partial charge is 0.364 e. The zero-order valence-electron chi connectivity index (χ0n) is 9.52. The summed E-state index contributed by atoms with van der Waals surface area (Å²) in [4.78, 5) is 42.3. The number of aliphatic imine (C=N–C) groups is 1. The molecule has 0 aromatic rings. The Balaban J connectivity index is 3.45. The molecule has 1 aliphatic rings. The topological polar surface area (TPSA) is 131 Å². The summed E-state index contributed by atoms with van der Waals surface area (Å²) < 4.78 is 22.9. The third-order valence-electron chi connectivity index (χ3n) is 2.83. The van der Waals surface area contributed by atoms with Crippen LogP contribution in [0.4, 0.5) is 0 Å². The van der Waals surface area contributed by atoms with Crippen molar-refractivity contribution in [1.82, 2.24) is 4.90 Å². The zero-order valence-corrected chi connectivity index (χ0v) is 11.3. The van der Waals surface area contributed by atoms with Crippen LogP contribution in [-0.4, -0.2) is 48.9 Å². The van der Waals surface area contributed by atoms with E-state index < -0.39 is 20.2 Å². The van der Waals surface area contributed by atoms with Gasteiger partial charge in [0.2, 0.25) is 0 Å². The van der Waals surface area contributed by atoms with E-state index >= 15 is 0 Å². The first-order chi connectivity index (χ1) is 7.51. The van der Waals surface area contributed by atoms with E-state index in [4.69, 9.17) is 0 Å². The second-order valence-corrected chi connectivity index (χ2v) is 8.06. The average Bonchev–Trinajstić information content (AvgIpc) is 2.25. The van der Waals surface area contributed by atoms with Crippen LogP contribution in [0, 0.1) is 0 Å². The quantitative estimate of drug-likeness (QED) is 0.531. The molecule has 0 spiro atoms. The van der Waals surface area contributed by atoms with Crippen molar-refractivity contribution in [1.29, 1.82) is 0 Å². The molecule has 0 amide bonds. The monoisotopic (exact) mass is 286 g/mol. The Kier molecular flexibility index (Phi) is 3.89. The highest BCUT2D eigenvalue weighted by molar-refractivity contribution is 7.72. The molecule has 0 saturated carbocycles. The predicted molar refractivity (Wildman–Crippen MR) is 61.8 cm³/mol. The first-order valence-electron chi connectivity index (χ1n) is 4.90. The lowest BCUT2D eigenvalue weighted by atomic mass is 10.3. The lowest BCUT2D eigenvalue weighted by Crippen LogP contribution is -2.28. The highest BCUT2D eigenvalue weighted by Gasteiger charge is 2.60. The summed E-state index contributed by atoms with van der Waals surface area (Å²) >= 11 is 0. The van der Waals surface area contributed by atoms with Gasteiger partial charge in [0, 0.05) is 13.6 Å². The van der Waals surface area contributed by atoms with Gasteiger partial charge >= 0.3 is 15.2 Å². The van der Waals surface area contributed by atoms with E-state index in [0.29, 0.717) is 6.54 Å². The summed E-state index contributed by atoms with van der Waals surface area (Å²) in [7, 11) is -8.48. The normalized spacial score (nSPS) is 22.0. The van der Waals surface area contributed by atoms with Gasteiger partial charge in [-0.15, -0.1) is 0 Å². The molecule has 1 aliphatic heterocycles. The van der Waals surface area contributed by atoms with Gasteiger partial charge in [-0.05, 0) is 19.8 Å². The summed E-state index contributed by atoms with van der Waals surface area (Å²) in [5.74, 6) is 0.203. The highest BCUT2D eigenvalue weighted by Crippen LogP contribution is 2.72. The summed E-state index contributed by atoms with van der Waals surface area (Å²) in [6.45, 7) is 1.91. The second kappa shape index (κ2) is 4.46. The molecule has 0 bridgehead atoms. The van der Waals surface area contributed by atoms with Crippen molar-refractivity contribution >= 4 is 21.0 Å². The van der Waals surface area contributed by atoms with Crippen LogP contribution in [0.3, 0.4) is 0 Å². The molecule has 0 aromatic heterocycles. The molecule has 0 atom stereocenters. The highest BCUT2D eigenvalue weighted by atomic mass is 31.2. The fraction of sp³-hybridized carbons (Fsp3) is 0.857. The lowest BCUT2D eigenvalue weighted by Gasteiger charge is -2.30. The Hall–Kier alpha value is -0.230. The largest absolute Gasteiger partial charge is 0.365 e. The standard InChI is InChI=1S/C7H16N2O6P2/c1-6-8-7(16(10,11)12,17(13,14)15)4-3-5-9(6)2/h3-5H2,1-2H3,(H2,10,11,12)(H2,13,14,15). The molecule has 0 unspecified atom stereocenters. The average molecular weight is 286 g/mol. The number of rotatable bonds is 2. The van der Waals surface area contributed by atoms with Crippen molar-refractivity contribution in [3.63, 3.8) is 0 Å². The van der Waals surface area contributed by atoms with Gasteiger partial charge in [0.15, 0.2) is 0 Å². The molecule has 1 heterocycles. The van der Waals surface area contributed by atoms with Crippen LogP contribution in [-0.2, 0) is 9.13 Å². The maximum Gasteiger partial charge on any atom is 0.365 e. The van der Waals surface area contributed by atoms with Crippen LogP contribution in [0.25, 0.3) is 0 Å². The van der Waals surface area contributed by atoms with E-state index in [1.54, 1.807) is 11.9 Å². The zero-order chi connectivity index (χ0) is 13.5. The summed E-state index contributed by atoms with van der Waals surface area (Å²) in [5, 5.41) is -2.63. The molecule has 8 nitrogen and oxygen atoms in total. The number of hydrogen-bond donors (Lipinski definition) is 4. The second-order valence-electron chi connectivity index (χ2n) is 4.05. The lowest BCUT2D eigenvalue weighted by molar-refractivity contribution is 0.303. The number of nitrogens with zero attached hydrogens (tertiary/aromatic N) is 2. The first-order valence-corrected chi connectivity index (χ1v) is 8.12. The van der Waals surface area contributed by atoms with Gasteiger partial charge in [-0.25, -0.2) is 4.99 Å². The van der Waals surface area contributed by atoms with Gasteiger partial charge in [-0.2, -0.15) is 0 Å². The van der Waals surface area contributed by atoms with Gasteiger partial charge in [0.05, 0.1) is 5.84 Å². The van der Waals surface area contributed by atoms with Gasteiger partial charge in [0.25, 0.3) is 5.02 Å². The van der Waals surface area contributed by atoms with Crippen molar-refractivity contribution in [2.24, 2.45) is 4.99 Å². The van der Waals surface area contributed by atoms with Crippen molar-refractivity contribution in [2.75, 3.05) is 13.6 Å². The minimum atomic E-state index is -5.06. The van der Waals surface area contributed by atoms with Crippen LogP contribution < -0.4 is 0 Å². The van der Waals surface area contributed by atoms with Crippen LogP contribution in [0.15, 0.2) is 4.99 Å². The Morgan fingerprint density at radius 3 is 2.12 bits per heavy atom. The molecule has 0 fully saturated rings. The van der Waals surface area contributed by atoms with E-state index in [1.165, 1.54) is 6.92 Å². The Morgan fingerprint density at radius 2 is 1.71 bits per heavy atom. The maximum atomic E-state index is 11.4. The molecule has 0 saturated heterocycles. The minimum Gasteiger partial charge on any atom is -0.364 e. The third kappa shape index (κ3) is 2.62. The van der Waals surface area contributed by atoms with E-state index in [2.05, 4.69) is 4.99 Å². The SMILES string of the molecule is CC1=NC(P(=O)(O)O)(P(=O)(O)O)CCCN1C. The van der Waals surface area contributed by atoms with Crippen LogP contribution in [0.2, 0.25) is 0 Å². The van der Waals surface area contributed by atoms with E-state index in [1.807, 2.05) is 0 Å². The molecule has 1 rings (SSSR count). The van der Waals surface area contributed by atoms with Crippen LogP contribution in [0.1, 0.15) is 19.8 Å². The van der Waals surface area contributed by atoms with E-state index in [-0.39, 0.29) is 18.7 Å². The fourth-order valence-electron chi connectivity index (χ4n) is 1.71. The Morgan fingerprint density at radius 1 is 1.24 bits per heavy atom. The molecular formula is C7H16N2O6P2. The molecule has 4 N–H and O–H groups in total. The van der Waals surface area contributed by atoms with Gasteiger partial charge in [0.1, 0.15) is 0 Å². The van der Waals surface area contributed by atoms with Crippen LogP contribution in [0.5, 0.6) is 0 Å². The van der Waals surface area contributed by atoms with Gasteiger partial charge < -0.3 is 24.5 Å². The first kappa shape index (κ1) is 14.8. The van der Waals surface area contributed by atoms with E-state index in [9.17, 15) is 28.7 Å². The van der Waals surface area contributed by atoms with Crippen LogP contribution >= 0.6 is 15.2 Å². The molecule has 0 aromatic carbocycles. The van der Waals surface area contributed by atoms with Gasteiger partial charge in [-0.1, -0.05) is 0 Å². The fourth-order valence-corrected chi connectivity index (χ4v) is 4.51. The summed E-state index contributed by atoms with van der Waals surface area (Å²) in [6.07, 6.45) is -0.100. The maximum absolute atomic E-state index is 11.4. The predicted octanol–water partition coefficient (Wildman–Crippen LogP) is 0.140. The van der Waals surface area contributed by atoms with Crippen molar-refractivity contribution in [3.05, 3.63) is 0 Å².